The first-order valence-corrected chi connectivity index (χ1v) is 5.90. The van der Waals surface area contributed by atoms with E-state index in [2.05, 4.69) is 36.1 Å². The summed E-state index contributed by atoms with van der Waals surface area (Å²) in [6, 6.07) is 0. The fraction of sp³-hybridized carbons (Fsp3) is 0.500. The molecule has 0 aromatic rings. The maximum absolute atomic E-state index is 5.43. The number of hydrogen-bond acceptors (Lipinski definition) is 3. The zero-order valence-electron chi connectivity index (χ0n) is 10.8. The second-order valence-electron chi connectivity index (χ2n) is 3.69. The molecule has 0 unspecified atom stereocenters. The Kier molecular flexibility index (Phi) is 10.1. The molecular formula is C14H24N2O. The van der Waals surface area contributed by atoms with Crippen LogP contribution in [0.2, 0.25) is 0 Å². The summed E-state index contributed by atoms with van der Waals surface area (Å²) in [4.78, 5) is 0. The summed E-state index contributed by atoms with van der Waals surface area (Å²) < 4.78 is 5.43. The molecule has 0 aromatic heterocycles. The fourth-order valence-electron chi connectivity index (χ4n) is 1.15. The minimum Gasteiger partial charge on any atom is -0.392 e. The van der Waals surface area contributed by atoms with Crippen LogP contribution in [0.4, 0.5) is 0 Å². The van der Waals surface area contributed by atoms with Crippen LogP contribution < -0.4 is 10.6 Å². The highest BCUT2D eigenvalue weighted by atomic mass is 16.5. The van der Waals surface area contributed by atoms with Crippen molar-refractivity contribution in [3.05, 3.63) is 42.9 Å². The highest BCUT2D eigenvalue weighted by molar-refractivity contribution is 4.95. The zero-order valence-corrected chi connectivity index (χ0v) is 10.8. The van der Waals surface area contributed by atoms with Crippen LogP contribution >= 0.6 is 0 Å². The Balaban J connectivity index is 3.34. The van der Waals surface area contributed by atoms with Crippen LogP contribution in [0.3, 0.4) is 0 Å². The van der Waals surface area contributed by atoms with Crippen molar-refractivity contribution < 1.29 is 4.74 Å². The van der Waals surface area contributed by atoms with Crippen LogP contribution in [-0.4, -0.2) is 26.8 Å². The highest BCUT2D eigenvalue weighted by Crippen LogP contribution is 1.97. The molecule has 0 aliphatic rings. The Hall–Kier alpha value is -1.44. The van der Waals surface area contributed by atoms with E-state index in [-0.39, 0.29) is 0 Å². The van der Waals surface area contributed by atoms with Crippen LogP contribution in [0.5, 0.6) is 0 Å². The molecular weight excluding hydrogens is 212 g/mol. The molecule has 0 aliphatic carbocycles. The molecule has 0 rings (SSSR count). The highest BCUT2D eigenvalue weighted by Gasteiger charge is 1.95. The summed E-state index contributed by atoms with van der Waals surface area (Å²) >= 11 is 0. The minimum atomic E-state index is 0.698. The van der Waals surface area contributed by atoms with E-state index in [0.29, 0.717) is 13.2 Å². The molecule has 0 radical (unpaired) electrons. The smallest absolute Gasteiger partial charge is 0.0520 e. The Morgan fingerprint density at radius 3 is 2.65 bits per heavy atom. The van der Waals surface area contributed by atoms with Gasteiger partial charge in [-0.25, -0.2) is 0 Å². The first-order valence-electron chi connectivity index (χ1n) is 5.90. The minimum absolute atomic E-state index is 0.698. The van der Waals surface area contributed by atoms with Crippen molar-refractivity contribution in [2.75, 3.05) is 26.8 Å². The van der Waals surface area contributed by atoms with Crippen molar-refractivity contribution in [1.82, 2.24) is 10.6 Å². The summed E-state index contributed by atoms with van der Waals surface area (Å²) in [6.07, 6.45) is 4.48. The molecule has 0 fully saturated rings. The third kappa shape index (κ3) is 10.8. The maximum Gasteiger partial charge on any atom is 0.0520 e. The van der Waals surface area contributed by atoms with E-state index in [9.17, 15) is 0 Å². The van der Waals surface area contributed by atoms with E-state index < -0.39 is 0 Å². The van der Waals surface area contributed by atoms with Gasteiger partial charge in [-0.15, -0.1) is 5.73 Å². The average Bonchev–Trinajstić information content (AvgIpc) is 2.33. The van der Waals surface area contributed by atoms with Gasteiger partial charge in [0.15, 0.2) is 0 Å². The first kappa shape index (κ1) is 15.6. The number of hydrogen-bond donors (Lipinski definition) is 2. The van der Waals surface area contributed by atoms with Gasteiger partial charge in [-0.05, 0) is 12.5 Å². The quantitative estimate of drug-likeness (QED) is 0.427. The van der Waals surface area contributed by atoms with Crippen molar-refractivity contribution in [3.8, 4) is 0 Å². The van der Waals surface area contributed by atoms with Crippen LogP contribution in [-0.2, 0) is 4.74 Å². The maximum atomic E-state index is 5.43. The fourth-order valence-corrected chi connectivity index (χ4v) is 1.15. The van der Waals surface area contributed by atoms with E-state index in [1.807, 2.05) is 13.1 Å². The van der Waals surface area contributed by atoms with Crippen molar-refractivity contribution in [1.29, 1.82) is 0 Å². The molecule has 0 bridgehead atoms. The molecule has 0 saturated carbocycles. The molecule has 17 heavy (non-hydrogen) atoms. The predicted octanol–water partition coefficient (Wildman–Crippen LogP) is 2.35. The monoisotopic (exact) mass is 236 g/mol. The third-order valence-corrected chi connectivity index (χ3v) is 2.25. The Labute approximate surface area is 105 Å². The Morgan fingerprint density at radius 2 is 2.00 bits per heavy atom. The molecule has 0 spiro atoms. The molecule has 2 N–H and O–H groups in total. The van der Waals surface area contributed by atoms with Crippen LogP contribution in [0.15, 0.2) is 42.9 Å². The molecule has 0 atom stereocenters. The van der Waals surface area contributed by atoms with E-state index in [0.717, 1.165) is 37.2 Å². The molecule has 3 nitrogen and oxygen atoms in total. The molecule has 0 amide bonds. The summed E-state index contributed by atoms with van der Waals surface area (Å²) in [7, 11) is 1.88. The summed E-state index contributed by atoms with van der Waals surface area (Å²) in [5.41, 5.74) is 4.75. The standard InChI is InChI=1S/C14H24N2O/c1-5-6-7-11-17-12-9-14(3)16-10-8-13(2)15-4/h6,15-16H,1-3,7-12H2,4H3. The van der Waals surface area contributed by atoms with E-state index in [1.165, 1.54) is 0 Å². The lowest BCUT2D eigenvalue weighted by atomic mass is 10.3. The van der Waals surface area contributed by atoms with Gasteiger partial charge < -0.3 is 15.4 Å². The van der Waals surface area contributed by atoms with Crippen molar-refractivity contribution >= 4 is 0 Å². The summed E-state index contributed by atoms with van der Waals surface area (Å²) in [6.45, 7) is 13.6. The van der Waals surface area contributed by atoms with Crippen LogP contribution in [0.25, 0.3) is 0 Å². The molecule has 0 heterocycles. The van der Waals surface area contributed by atoms with Crippen molar-refractivity contribution in [2.45, 2.75) is 19.3 Å². The second-order valence-corrected chi connectivity index (χ2v) is 3.69. The number of nitrogens with one attached hydrogen (secondary N) is 2. The van der Waals surface area contributed by atoms with Gasteiger partial charge in [-0.2, -0.15) is 0 Å². The molecule has 3 heteroatoms. The van der Waals surface area contributed by atoms with Gasteiger partial charge in [0, 0.05) is 37.8 Å². The predicted molar refractivity (Wildman–Crippen MR) is 73.7 cm³/mol. The van der Waals surface area contributed by atoms with Gasteiger partial charge in [0.2, 0.25) is 0 Å². The van der Waals surface area contributed by atoms with E-state index in [1.54, 1.807) is 0 Å². The van der Waals surface area contributed by atoms with E-state index >= 15 is 0 Å². The molecule has 96 valence electrons. The normalized spacial score (nSPS) is 9.24. The first-order chi connectivity index (χ1) is 8.20. The van der Waals surface area contributed by atoms with Crippen LogP contribution in [0.1, 0.15) is 19.3 Å². The molecule has 0 aliphatic heterocycles. The zero-order chi connectivity index (χ0) is 12.9. The summed E-state index contributed by atoms with van der Waals surface area (Å²) in [5, 5.41) is 6.25. The second kappa shape index (κ2) is 11.1. The average molecular weight is 236 g/mol. The number of ether oxygens (including phenoxy) is 1. The van der Waals surface area contributed by atoms with Crippen molar-refractivity contribution in [2.24, 2.45) is 0 Å². The van der Waals surface area contributed by atoms with E-state index in [4.69, 9.17) is 4.74 Å². The summed E-state index contributed by atoms with van der Waals surface area (Å²) in [5.74, 6) is 0. The third-order valence-electron chi connectivity index (χ3n) is 2.25. The van der Waals surface area contributed by atoms with Gasteiger partial charge in [0.05, 0.1) is 13.2 Å². The SMILES string of the molecule is C=C=CCCOCCC(=C)NCCC(=C)NC. The topological polar surface area (TPSA) is 33.3 Å². The Morgan fingerprint density at radius 1 is 1.24 bits per heavy atom. The van der Waals surface area contributed by atoms with Gasteiger partial charge in [0.25, 0.3) is 0 Å². The lowest BCUT2D eigenvalue weighted by Gasteiger charge is -2.10. The number of rotatable bonds is 11. The largest absolute Gasteiger partial charge is 0.392 e. The lowest BCUT2D eigenvalue weighted by Crippen LogP contribution is -2.18. The molecule has 0 saturated heterocycles. The van der Waals surface area contributed by atoms with Gasteiger partial charge in [0.1, 0.15) is 0 Å². The van der Waals surface area contributed by atoms with Crippen LogP contribution in [0, 0.1) is 0 Å². The van der Waals surface area contributed by atoms with Gasteiger partial charge >= 0.3 is 0 Å². The van der Waals surface area contributed by atoms with Crippen molar-refractivity contribution in [3.63, 3.8) is 0 Å². The van der Waals surface area contributed by atoms with Gasteiger partial charge in [-0.1, -0.05) is 19.7 Å². The molecule has 0 aromatic carbocycles. The van der Waals surface area contributed by atoms with Gasteiger partial charge in [-0.3, -0.25) is 0 Å². The lowest BCUT2D eigenvalue weighted by molar-refractivity contribution is 0.141. The Bertz CT molecular complexity index is 278.